The summed E-state index contributed by atoms with van der Waals surface area (Å²) in [5.41, 5.74) is 2.95. The number of hydrogen-bond acceptors (Lipinski definition) is 1. The molecule has 64 valence electrons. The van der Waals surface area contributed by atoms with Gasteiger partial charge < -0.3 is 5.41 Å². The fraction of sp³-hybridized carbons (Fsp3) is 0.364. The van der Waals surface area contributed by atoms with E-state index in [0.29, 0.717) is 11.6 Å². The second-order valence-electron chi connectivity index (χ2n) is 3.29. The quantitative estimate of drug-likeness (QED) is 0.611. The monoisotopic (exact) mass is 161 g/mol. The zero-order valence-electron chi connectivity index (χ0n) is 7.89. The van der Waals surface area contributed by atoms with Crippen LogP contribution < -0.4 is 0 Å². The van der Waals surface area contributed by atoms with Crippen LogP contribution in [0.1, 0.15) is 20.8 Å². The molecule has 0 aromatic heterocycles. The summed E-state index contributed by atoms with van der Waals surface area (Å²) in [6.45, 7) is 6.30. The Bertz CT molecular complexity index is 277. The number of rotatable bonds is 1. The molecule has 1 aliphatic carbocycles. The van der Waals surface area contributed by atoms with E-state index in [4.69, 9.17) is 5.41 Å². The summed E-state index contributed by atoms with van der Waals surface area (Å²) in [5, 5.41) is 7.58. The molecule has 1 aliphatic rings. The van der Waals surface area contributed by atoms with Crippen LogP contribution in [0.25, 0.3) is 0 Å². The Morgan fingerprint density at radius 3 is 2.50 bits per heavy atom. The number of allylic oxidation sites excluding steroid dienone is 6. The van der Waals surface area contributed by atoms with Crippen molar-refractivity contribution in [3.8, 4) is 0 Å². The maximum atomic E-state index is 7.58. The first-order chi connectivity index (χ1) is 5.65. The molecule has 0 aliphatic heterocycles. The molecule has 0 saturated heterocycles. The van der Waals surface area contributed by atoms with Crippen molar-refractivity contribution in [3.05, 3.63) is 35.5 Å². The molecule has 1 nitrogen and oxygen atoms in total. The Kier molecular flexibility index (Phi) is 2.64. The molecule has 0 amide bonds. The molecule has 1 heteroatoms. The molecule has 0 aromatic rings. The van der Waals surface area contributed by atoms with Crippen molar-refractivity contribution in [2.24, 2.45) is 5.92 Å². The molecule has 0 spiro atoms. The van der Waals surface area contributed by atoms with E-state index < -0.39 is 0 Å². The molecule has 0 bridgehead atoms. The second-order valence-corrected chi connectivity index (χ2v) is 3.29. The van der Waals surface area contributed by atoms with Crippen molar-refractivity contribution < 1.29 is 0 Å². The highest BCUT2D eigenvalue weighted by Gasteiger charge is 2.07. The number of hydrogen-bond donors (Lipinski definition) is 1. The van der Waals surface area contributed by atoms with Gasteiger partial charge in [-0.05, 0) is 36.1 Å². The predicted octanol–water partition coefficient (Wildman–Crippen LogP) is 3.10. The van der Waals surface area contributed by atoms with Gasteiger partial charge in [-0.2, -0.15) is 0 Å². The van der Waals surface area contributed by atoms with Gasteiger partial charge >= 0.3 is 0 Å². The van der Waals surface area contributed by atoms with Crippen LogP contribution in [0.3, 0.4) is 0 Å². The van der Waals surface area contributed by atoms with Crippen LogP contribution in [-0.2, 0) is 0 Å². The summed E-state index contributed by atoms with van der Waals surface area (Å²) in [4.78, 5) is 0. The minimum Gasteiger partial charge on any atom is -0.300 e. The lowest BCUT2D eigenvalue weighted by Crippen LogP contribution is -2.03. The van der Waals surface area contributed by atoms with E-state index in [0.717, 1.165) is 5.57 Å². The lowest BCUT2D eigenvalue weighted by Gasteiger charge is -2.12. The zero-order valence-corrected chi connectivity index (χ0v) is 7.89. The largest absolute Gasteiger partial charge is 0.300 e. The highest BCUT2D eigenvalue weighted by Crippen LogP contribution is 2.19. The maximum absolute atomic E-state index is 7.58. The van der Waals surface area contributed by atoms with E-state index in [-0.39, 0.29) is 0 Å². The lowest BCUT2D eigenvalue weighted by molar-refractivity contribution is 0.790. The van der Waals surface area contributed by atoms with Crippen molar-refractivity contribution in [2.75, 3.05) is 0 Å². The summed E-state index contributed by atoms with van der Waals surface area (Å²) in [7, 11) is 0. The van der Waals surface area contributed by atoms with Crippen molar-refractivity contribution in [3.63, 3.8) is 0 Å². The Morgan fingerprint density at radius 1 is 1.33 bits per heavy atom. The molecule has 0 fully saturated rings. The zero-order chi connectivity index (χ0) is 9.14. The van der Waals surface area contributed by atoms with Crippen LogP contribution in [0.4, 0.5) is 0 Å². The molecule has 0 atom stereocenters. The summed E-state index contributed by atoms with van der Waals surface area (Å²) in [6.07, 6.45) is 7.96. The van der Waals surface area contributed by atoms with Gasteiger partial charge in [0, 0.05) is 0 Å². The molecular formula is C11H15N. The highest BCUT2D eigenvalue weighted by atomic mass is 14.4. The molecular weight excluding hydrogens is 146 g/mol. The van der Waals surface area contributed by atoms with Crippen LogP contribution in [-0.4, -0.2) is 5.71 Å². The Balaban J connectivity index is 2.96. The van der Waals surface area contributed by atoms with Crippen LogP contribution in [0.15, 0.2) is 35.5 Å². The van der Waals surface area contributed by atoms with Crippen LogP contribution in [0, 0.1) is 11.3 Å². The first-order valence-corrected chi connectivity index (χ1v) is 4.30. The summed E-state index contributed by atoms with van der Waals surface area (Å²) in [6, 6.07) is 0. The van der Waals surface area contributed by atoms with Gasteiger partial charge in [0.15, 0.2) is 0 Å². The van der Waals surface area contributed by atoms with Crippen molar-refractivity contribution in [1.29, 1.82) is 5.41 Å². The van der Waals surface area contributed by atoms with Gasteiger partial charge in [-0.25, -0.2) is 0 Å². The highest BCUT2D eigenvalue weighted by molar-refractivity contribution is 6.09. The first-order valence-electron chi connectivity index (χ1n) is 4.30. The third kappa shape index (κ3) is 1.73. The Hall–Kier alpha value is -1.11. The lowest BCUT2D eigenvalue weighted by atomic mass is 9.93. The van der Waals surface area contributed by atoms with Gasteiger partial charge in [-0.3, -0.25) is 0 Å². The fourth-order valence-electron chi connectivity index (χ4n) is 1.18. The molecule has 0 heterocycles. The molecule has 0 unspecified atom stereocenters. The van der Waals surface area contributed by atoms with Crippen molar-refractivity contribution >= 4 is 5.71 Å². The SMILES string of the molecule is C/C=C1/C=C(C(C)C)C=CC1=N. The Labute approximate surface area is 74.0 Å². The molecule has 0 radical (unpaired) electrons. The van der Waals surface area contributed by atoms with Crippen LogP contribution in [0.5, 0.6) is 0 Å². The maximum Gasteiger partial charge on any atom is 0.0609 e. The molecule has 1 rings (SSSR count). The summed E-state index contributed by atoms with van der Waals surface area (Å²) < 4.78 is 0. The average molecular weight is 161 g/mol. The van der Waals surface area contributed by atoms with E-state index >= 15 is 0 Å². The summed E-state index contributed by atoms with van der Waals surface area (Å²) >= 11 is 0. The Morgan fingerprint density at radius 2 is 2.00 bits per heavy atom. The third-order valence-electron chi connectivity index (χ3n) is 2.05. The van der Waals surface area contributed by atoms with E-state index in [9.17, 15) is 0 Å². The number of nitrogens with one attached hydrogen (secondary N) is 1. The molecule has 12 heavy (non-hydrogen) atoms. The molecule has 1 N–H and O–H groups in total. The minimum absolute atomic E-state index is 0.546. The molecule has 0 saturated carbocycles. The standard InChI is InChI=1S/C11H15N/c1-4-9-7-10(8(2)3)5-6-11(9)12/h4-8,12H,1-3H3/b9-4-,12-11?. The van der Waals surface area contributed by atoms with E-state index in [1.807, 2.05) is 25.2 Å². The van der Waals surface area contributed by atoms with E-state index in [2.05, 4.69) is 19.9 Å². The van der Waals surface area contributed by atoms with Gasteiger partial charge in [0.1, 0.15) is 0 Å². The van der Waals surface area contributed by atoms with Crippen LogP contribution in [0.2, 0.25) is 0 Å². The minimum atomic E-state index is 0.546. The van der Waals surface area contributed by atoms with Crippen molar-refractivity contribution in [1.82, 2.24) is 0 Å². The van der Waals surface area contributed by atoms with Crippen LogP contribution >= 0.6 is 0 Å². The predicted molar refractivity (Wildman–Crippen MR) is 53.5 cm³/mol. The van der Waals surface area contributed by atoms with Crippen molar-refractivity contribution in [2.45, 2.75) is 20.8 Å². The fourth-order valence-corrected chi connectivity index (χ4v) is 1.18. The van der Waals surface area contributed by atoms with Gasteiger partial charge in [-0.1, -0.05) is 26.0 Å². The van der Waals surface area contributed by atoms with E-state index in [1.54, 1.807) is 0 Å². The normalized spacial score (nSPS) is 20.5. The van der Waals surface area contributed by atoms with Gasteiger partial charge in [-0.15, -0.1) is 0 Å². The third-order valence-corrected chi connectivity index (χ3v) is 2.05. The van der Waals surface area contributed by atoms with Gasteiger partial charge in [0.05, 0.1) is 5.71 Å². The second kappa shape index (κ2) is 3.53. The van der Waals surface area contributed by atoms with E-state index in [1.165, 1.54) is 5.57 Å². The average Bonchev–Trinajstić information content (AvgIpc) is 2.05. The summed E-state index contributed by atoms with van der Waals surface area (Å²) in [5.74, 6) is 0.546. The molecule has 0 aromatic carbocycles. The van der Waals surface area contributed by atoms with Gasteiger partial charge in [0.25, 0.3) is 0 Å². The van der Waals surface area contributed by atoms with Gasteiger partial charge in [0.2, 0.25) is 0 Å². The smallest absolute Gasteiger partial charge is 0.0609 e. The topological polar surface area (TPSA) is 23.9 Å². The first kappa shape index (κ1) is 8.98.